The molecule has 0 bridgehead atoms. The van der Waals surface area contributed by atoms with Crippen LogP contribution in [0.4, 0.5) is 0 Å². The van der Waals surface area contributed by atoms with Crippen molar-refractivity contribution < 1.29 is 14.5 Å². The molecular weight excluding hydrogens is 216 g/mol. The molecule has 0 aliphatic rings. The molecule has 0 aliphatic heterocycles. The molecule has 0 aromatic carbocycles. The lowest BCUT2D eigenvalue weighted by molar-refractivity contribution is -0.714. The number of nitrogens with zero attached hydrogens (tertiary/aromatic N) is 2. The van der Waals surface area contributed by atoms with Crippen LogP contribution in [-0.4, -0.2) is 15.6 Å². The molecule has 1 aromatic heterocycles. The third kappa shape index (κ3) is 2.87. The molecule has 1 heterocycles. The molecule has 1 rings (SSSR count). The van der Waals surface area contributed by atoms with Crippen LogP contribution < -0.4 is 4.57 Å². The van der Waals surface area contributed by atoms with E-state index in [2.05, 4.69) is 18.4 Å². The van der Waals surface area contributed by atoms with Crippen LogP contribution in [-0.2, 0) is 17.8 Å². The molecule has 0 radical (unpaired) electrons. The minimum Gasteiger partial charge on any atom is -0.478 e. The van der Waals surface area contributed by atoms with Gasteiger partial charge in [0.1, 0.15) is 11.9 Å². The van der Waals surface area contributed by atoms with Gasteiger partial charge in [-0.3, -0.25) is 0 Å². The van der Waals surface area contributed by atoms with Crippen LogP contribution in [0.3, 0.4) is 0 Å². The van der Waals surface area contributed by atoms with Crippen molar-refractivity contribution in [1.82, 2.24) is 4.57 Å². The molecule has 0 spiro atoms. The molecule has 0 saturated heterocycles. The van der Waals surface area contributed by atoms with E-state index in [-0.39, 0.29) is 0 Å². The lowest BCUT2D eigenvalue weighted by atomic mass is 10.2. The molecule has 0 saturated carbocycles. The van der Waals surface area contributed by atoms with Gasteiger partial charge in [-0.2, -0.15) is 0 Å². The Kier molecular flexibility index (Phi) is 4.73. The topological polar surface area (TPSA) is 46.1 Å². The quantitative estimate of drug-likeness (QED) is 0.773. The molecule has 1 unspecified atom stereocenters. The molecule has 1 atom stereocenters. The Bertz CT molecular complexity index is 396. The minimum absolute atomic E-state index is 0.492. The maximum Gasteiger partial charge on any atom is 0.349 e. The van der Waals surface area contributed by atoms with Gasteiger partial charge in [0.05, 0.1) is 6.54 Å². The van der Waals surface area contributed by atoms with Crippen molar-refractivity contribution in [3.63, 3.8) is 0 Å². The van der Waals surface area contributed by atoms with E-state index in [0.717, 1.165) is 37.3 Å². The fourth-order valence-electron chi connectivity index (χ4n) is 2.16. The SMILES string of the molecule is CCCc1n(CCC)c(C)c[n+]1C(C)C(=O)O. The third-order valence-corrected chi connectivity index (χ3v) is 3.06. The second kappa shape index (κ2) is 5.84. The van der Waals surface area contributed by atoms with Gasteiger partial charge < -0.3 is 5.11 Å². The van der Waals surface area contributed by atoms with Gasteiger partial charge in [-0.1, -0.05) is 13.8 Å². The monoisotopic (exact) mass is 239 g/mol. The third-order valence-electron chi connectivity index (χ3n) is 3.06. The summed E-state index contributed by atoms with van der Waals surface area (Å²) in [6, 6.07) is -0.492. The highest BCUT2D eigenvalue weighted by molar-refractivity contribution is 5.69. The maximum atomic E-state index is 11.1. The van der Waals surface area contributed by atoms with Crippen LogP contribution >= 0.6 is 0 Å². The van der Waals surface area contributed by atoms with Gasteiger partial charge >= 0.3 is 5.97 Å². The predicted molar refractivity (Wildman–Crippen MR) is 66.0 cm³/mol. The Morgan fingerprint density at radius 2 is 2.12 bits per heavy atom. The van der Waals surface area contributed by atoms with Crippen molar-refractivity contribution in [2.24, 2.45) is 0 Å². The van der Waals surface area contributed by atoms with E-state index in [1.807, 2.05) is 17.7 Å². The van der Waals surface area contributed by atoms with E-state index >= 15 is 0 Å². The van der Waals surface area contributed by atoms with Crippen molar-refractivity contribution in [2.45, 2.75) is 59.5 Å². The number of carboxylic acids is 1. The number of carboxylic acid groups (broad SMARTS) is 1. The molecule has 1 aromatic rings. The summed E-state index contributed by atoms with van der Waals surface area (Å²) in [6.07, 6.45) is 4.97. The lowest BCUT2D eigenvalue weighted by Crippen LogP contribution is -2.44. The summed E-state index contributed by atoms with van der Waals surface area (Å²) in [7, 11) is 0. The standard InChI is InChI=1S/C13H22N2O2/c1-5-7-12-14(8-6-2)10(3)9-15(12)11(4)13(16)17/h9,11H,5-8H2,1-4H3/p+1. The van der Waals surface area contributed by atoms with Crippen molar-refractivity contribution >= 4 is 5.97 Å². The van der Waals surface area contributed by atoms with Crippen LogP contribution in [0.5, 0.6) is 0 Å². The molecule has 4 nitrogen and oxygen atoms in total. The van der Waals surface area contributed by atoms with Gasteiger partial charge in [0.15, 0.2) is 6.04 Å². The smallest absolute Gasteiger partial charge is 0.349 e. The van der Waals surface area contributed by atoms with Crippen LogP contribution in [0, 0.1) is 6.92 Å². The summed E-state index contributed by atoms with van der Waals surface area (Å²) in [4.78, 5) is 11.1. The largest absolute Gasteiger partial charge is 0.478 e. The minimum atomic E-state index is -0.777. The molecule has 4 heteroatoms. The predicted octanol–water partition coefficient (Wildman–Crippen LogP) is 2.09. The zero-order valence-corrected chi connectivity index (χ0v) is 11.2. The lowest BCUT2D eigenvalue weighted by Gasteiger charge is -2.07. The van der Waals surface area contributed by atoms with Crippen molar-refractivity contribution in [3.05, 3.63) is 17.7 Å². The average Bonchev–Trinajstić information content (AvgIpc) is 2.57. The highest BCUT2D eigenvalue weighted by Gasteiger charge is 2.27. The Balaban J connectivity index is 3.20. The zero-order valence-electron chi connectivity index (χ0n) is 11.2. The van der Waals surface area contributed by atoms with E-state index in [4.69, 9.17) is 5.11 Å². The van der Waals surface area contributed by atoms with Gasteiger partial charge in [-0.15, -0.1) is 0 Å². The first-order chi connectivity index (χ1) is 8.02. The van der Waals surface area contributed by atoms with Gasteiger partial charge in [0.2, 0.25) is 0 Å². The van der Waals surface area contributed by atoms with E-state index < -0.39 is 12.0 Å². The molecular formula is C13H23N2O2+. The maximum absolute atomic E-state index is 11.1. The molecule has 1 N–H and O–H groups in total. The van der Waals surface area contributed by atoms with Crippen molar-refractivity contribution in [3.8, 4) is 0 Å². The summed E-state index contributed by atoms with van der Waals surface area (Å²) in [5, 5.41) is 9.13. The number of aliphatic carboxylic acids is 1. The average molecular weight is 239 g/mol. The first kappa shape index (κ1) is 13.7. The van der Waals surface area contributed by atoms with Crippen molar-refractivity contribution in [1.29, 1.82) is 0 Å². The molecule has 17 heavy (non-hydrogen) atoms. The van der Waals surface area contributed by atoms with E-state index in [9.17, 15) is 4.79 Å². The van der Waals surface area contributed by atoms with Crippen LogP contribution in [0.25, 0.3) is 0 Å². The number of hydrogen-bond acceptors (Lipinski definition) is 1. The number of aromatic nitrogens is 2. The first-order valence-corrected chi connectivity index (χ1v) is 6.35. The fourth-order valence-corrected chi connectivity index (χ4v) is 2.16. The van der Waals surface area contributed by atoms with Gasteiger partial charge in [-0.25, -0.2) is 13.9 Å². The van der Waals surface area contributed by atoms with Gasteiger partial charge in [0.25, 0.3) is 5.82 Å². The van der Waals surface area contributed by atoms with E-state index in [0.29, 0.717) is 0 Å². The second-order valence-corrected chi connectivity index (χ2v) is 4.51. The summed E-state index contributed by atoms with van der Waals surface area (Å²) < 4.78 is 4.14. The molecule has 0 aliphatic carbocycles. The highest BCUT2D eigenvalue weighted by atomic mass is 16.4. The van der Waals surface area contributed by atoms with Crippen LogP contribution in [0.1, 0.15) is 51.2 Å². The van der Waals surface area contributed by atoms with E-state index in [1.165, 1.54) is 0 Å². The number of aryl methyl sites for hydroxylation is 1. The molecule has 0 amide bonds. The highest BCUT2D eigenvalue weighted by Crippen LogP contribution is 2.10. The van der Waals surface area contributed by atoms with Crippen molar-refractivity contribution in [2.75, 3.05) is 0 Å². The fraction of sp³-hybridized carbons (Fsp3) is 0.692. The Morgan fingerprint density at radius 3 is 2.59 bits per heavy atom. The number of carbonyl (C=O) groups is 1. The summed E-state index contributed by atoms with van der Waals surface area (Å²) >= 11 is 0. The van der Waals surface area contributed by atoms with Crippen LogP contribution in [0.2, 0.25) is 0 Å². The van der Waals surface area contributed by atoms with Gasteiger partial charge in [0, 0.05) is 13.3 Å². The summed E-state index contributed by atoms with van der Waals surface area (Å²) in [5.41, 5.74) is 1.14. The summed E-state index contributed by atoms with van der Waals surface area (Å²) in [5.74, 6) is 0.350. The Hall–Kier alpha value is -1.32. The molecule has 0 fully saturated rings. The normalized spacial score (nSPS) is 12.7. The summed E-state index contributed by atoms with van der Waals surface area (Å²) in [6.45, 7) is 8.99. The molecule has 96 valence electrons. The number of hydrogen-bond donors (Lipinski definition) is 1. The second-order valence-electron chi connectivity index (χ2n) is 4.51. The Labute approximate surface area is 103 Å². The van der Waals surface area contributed by atoms with Gasteiger partial charge in [-0.05, 0) is 19.8 Å². The zero-order chi connectivity index (χ0) is 13.0. The number of imidazole rings is 1. The van der Waals surface area contributed by atoms with Crippen LogP contribution in [0.15, 0.2) is 6.20 Å². The Morgan fingerprint density at radius 1 is 1.47 bits per heavy atom. The number of rotatable bonds is 6. The first-order valence-electron chi connectivity index (χ1n) is 6.35. The van der Waals surface area contributed by atoms with E-state index in [1.54, 1.807) is 6.92 Å².